The van der Waals surface area contributed by atoms with Crippen LogP contribution in [0.4, 0.5) is 4.39 Å². The Morgan fingerprint density at radius 3 is 2.40 bits per heavy atom. The van der Waals surface area contributed by atoms with E-state index in [2.05, 4.69) is 0 Å². The molecule has 1 aromatic carbocycles. The normalized spacial score (nSPS) is 14.0. The molecule has 1 aromatic rings. The van der Waals surface area contributed by atoms with Crippen LogP contribution in [0.3, 0.4) is 0 Å². The molecule has 0 aromatic heterocycles. The number of benzene rings is 1. The van der Waals surface area contributed by atoms with Crippen LogP contribution in [-0.4, -0.2) is 25.8 Å². The van der Waals surface area contributed by atoms with E-state index in [1.165, 1.54) is 23.5 Å². The molecule has 0 saturated carbocycles. The van der Waals surface area contributed by atoms with Crippen molar-refractivity contribution in [1.29, 1.82) is 0 Å². The first kappa shape index (κ1) is 17.4. The highest BCUT2D eigenvalue weighted by Gasteiger charge is 2.28. The Hall–Kier alpha value is -0.650. The highest BCUT2D eigenvalue weighted by molar-refractivity contribution is 7.89. The van der Waals surface area contributed by atoms with Crippen LogP contribution >= 0.6 is 11.6 Å². The minimum Gasteiger partial charge on any atom is -0.207 e. The second kappa shape index (κ2) is 6.87. The van der Waals surface area contributed by atoms with Gasteiger partial charge in [0.2, 0.25) is 10.0 Å². The van der Waals surface area contributed by atoms with Crippen LogP contribution in [0.15, 0.2) is 23.1 Å². The summed E-state index contributed by atoms with van der Waals surface area (Å²) in [4.78, 5) is -0.0504. The molecular formula is C14H21ClFNO2S. The van der Waals surface area contributed by atoms with E-state index in [1.54, 1.807) is 0 Å². The Balaban J connectivity index is 3.19. The molecule has 0 saturated heterocycles. The number of hydrogen-bond donors (Lipinski definition) is 0. The van der Waals surface area contributed by atoms with Gasteiger partial charge in [-0.05, 0) is 37.0 Å². The van der Waals surface area contributed by atoms with Crippen molar-refractivity contribution < 1.29 is 12.8 Å². The van der Waals surface area contributed by atoms with Crippen molar-refractivity contribution in [1.82, 2.24) is 4.31 Å². The second-order valence-electron chi connectivity index (χ2n) is 5.39. The van der Waals surface area contributed by atoms with E-state index in [9.17, 15) is 12.8 Å². The number of alkyl halides is 1. The zero-order valence-electron chi connectivity index (χ0n) is 12.2. The fraction of sp³-hybridized carbons (Fsp3) is 0.571. The lowest BCUT2D eigenvalue weighted by molar-refractivity contribution is 0.337. The van der Waals surface area contributed by atoms with Crippen LogP contribution in [0.5, 0.6) is 0 Å². The summed E-state index contributed by atoms with van der Waals surface area (Å²) in [6, 6.07) is 3.50. The zero-order chi connectivity index (χ0) is 15.5. The van der Waals surface area contributed by atoms with Crippen LogP contribution < -0.4 is 0 Å². The summed E-state index contributed by atoms with van der Waals surface area (Å²) in [7, 11) is -2.22. The molecule has 0 N–H and O–H groups in total. The Bertz CT molecular complexity index is 560. The van der Waals surface area contributed by atoms with E-state index in [0.717, 1.165) is 12.5 Å². The van der Waals surface area contributed by atoms with Crippen molar-refractivity contribution in [3.8, 4) is 0 Å². The van der Waals surface area contributed by atoms with Crippen LogP contribution in [0.25, 0.3) is 0 Å². The van der Waals surface area contributed by atoms with Crippen molar-refractivity contribution in [2.24, 2.45) is 5.92 Å². The maximum Gasteiger partial charge on any atom is 0.243 e. The van der Waals surface area contributed by atoms with E-state index in [0.29, 0.717) is 11.5 Å². The van der Waals surface area contributed by atoms with E-state index in [1.807, 2.05) is 20.8 Å². The van der Waals surface area contributed by atoms with Gasteiger partial charge in [0.15, 0.2) is 0 Å². The van der Waals surface area contributed by atoms with Crippen molar-refractivity contribution in [2.75, 3.05) is 7.05 Å². The van der Waals surface area contributed by atoms with Gasteiger partial charge in [0, 0.05) is 19.0 Å². The Kier molecular flexibility index (Phi) is 5.98. The van der Waals surface area contributed by atoms with E-state index < -0.39 is 15.8 Å². The fourth-order valence-electron chi connectivity index (χ4n) is 2.10. The largest absolute Gasteiger partial charge is 0.243 e. The zero-order valence-corrected chi connectivity index (χ0v) is 13.8. The van der Waals surface area contributed by atoms with Gasteiger partial charge in [-0.3, -0.25) is 0 Å². The summed E-state index contributed by atoms with van der Waals surface area (Å²) in [5.41, 5.74) is 0.414. The predicted octanol–water partition coefficient (Wildman–Crippen LogP) is 3.62. The number of nitrogens with zero attached hydrogens (tertiary/aromatic N) is 1. The minimum absolute atomic E-state index is 0.0290. The summed E-state index contributed by atoms with van der Waals surface area (Å²) >= 11 is 5.75. The SMILES string of the molecule is CC(C)CC(C)N(C)S(=O)(=O)c1cc(F)ccc1CCl. The lowest BCUT2D eigenvalue weighted by Crippen LogP contribution is -2.36. The molecule has 0 aliphatic heterocycles. The van der Waals surface area contributed by atoms with Gasteiger partial charge in [-0.25, -0.2) is 12.8 Å². The first-order valence-electron chi connectivity index (χ1n) is 6.52. The van der Waals surface area contributed by atoms with Gasteiger partial charge in [0.25, 0.3) is 0 Å². The van der Waals surface area contributed by atoms with Crippen LogP contribution in [0.2, 0.25) is 0 Å². The first-order valence-corrected chi connectivity index (χ1v) is 8.50. The Labute approximate surface area is 125 Å². The molecule has 0 radical (unpaired) electrons. The van der Waals surface area contributed by atoms with E-state index in [4.69, 9.17) is 11.6 Å². The molecule has 3 nitrogen and oxygen atoms in total. The average Bonchev–Trinajstić information content (AvgIpc) is 2.36. The lowest BCUT2D eigenvalue weighted by Gasteiger charge is -2.26. The third-order valence-electron chi connectivity index (χ3n) is 3.26. The molecule has 1 unspecified atom stereocenters. The molecule has 6 heteroatoms. The second-order valence-corrected chi connectivity index (χ2v) is 7.62. The van der Waals surface area contributed by atoms with Crippen molar-refractivity contribution in [2.45, 2.75) is 44.0 Å². The van der Waals surface area contributed by atoms with Crippen LogP contribution in [0, 0.1) is 11.7 Å². The molecule has 0 aliphatic carbocycles. The molecule has 0 aliphatic rings. The van der Waals surface area contributed by atoms with Gasteiger partial charge < -0.3 is 0 Å². The summed E-state index contributed by atoms with van der Waals surface area (Å²) in [6.07, 6.45) is 0.737. The summed E-state index contributed by atoms with van der Waals surface area (Å²) in [5, 5.41) is 0. The number of rotatable bonds is 6. The third kappa shape index (κ3) is 3.93. The maximum atomic E-state index is 13.4. The van der Waals surface area contributed by atoms with Gasteiger partial charge in [-0.1, -0.05) is 19.9 Å². The number of sulfonamides is 1. The molecule has 1 rings (SSSR count). The molecule has 1 atom stereocenters. The van der Waals surface area contributed by atoms with Gasteiger partial charge in [-0.2, -0.15) is 4.31 Å². The Morgan fingerprint density at radius 1 is 1.30 bits per heavy atom. The molecule has 114 valence electrons. The summed E-state index contributed by atoms with van der Waals surface area (Å²) in [6.45, 7) is 5.91. The Morgan fingerprint density at radius 2 is 1.90 bits per heavy atom. The van der Waals surface area contributed by atoms with E-state index in [-0.39, 0.29) is 16.8 Å². The molecule has 0 bridgehead atoms. The lowest BCUT2D eigenvalue weighted by atomic mass is 10.1. The van der Waals surface area contributed by atoms with Gasteiger partial charge in [0.1, 0.15) is 5.82 Å². The number of halogens is 2. The van der Waals surface area contributed by atoms with Gasteiger partial charge >= 0.3 is 0 Å². The van der Waals surface area contributed by atoms with E-state index >= 15 is 0 Å². The standard InChI is InChI=1S/C14H21ClFNO2S/c1-10(2)7-11(3)17(4)20(18,19)14-8-13(16)6-5-12(14)9-15/h5-6,8,10-11H,7,9H2,1-4H3. The third-order valence-corrected chi connectivity index (χ3v) is 5.61. The first-order chi connectivity index (χ1) is 9.20. The predicted molar refractivity (Wildman–Crippen MR) is 79.8 cm³/mol. The highest BCUT2D eigenvalue weighted by Crippen LogP contribution is 2.25. The average molecular weight is 322 g/mol. The molecule has 0 heterocycles. The smallest absolute Gasteiger partial charge is 0.207 e. The molecule has 0 amide bonds. The fourth-order valence-corrected chi connectivity index (χ4v) is 4.02. The van der Waals surface area contributed by atoms with Gasteiger partial charge in [-0.15, -0.1) is 11.6 Å². The van der Waals surface area contributed by atoms with Crippen LogP contribution in [0.1, 0.15) is 32.8 Å². The van der Waals surface area contributed by atoms with Gasteiger partial charge in [0.05, 0.1) is 4.90 Å². The molecule has 0 fully saturated rings. The molecular weight excluding hydrogens is 301 g/mol. The molecule has 20 heavy (non-hydrogen) atoms. The van der Waals surface area contributed by atoms with Crippen LogP contribution in [-0.2, 0) is 15.9 Å². The van der Waals surface area contributed by atoms with Crippen molar-refractivity contribution in [3.05, 3.63) is 29.6 Å². The van der Waals surface area contributed by atoms with Crippen molar-refractivity contribution in [3.63, 3.8) is 0 Å². The molecule has 0 spiro atoms. The monoisotopic (exact) mass is 321 g/mol. The maximum absolute atomic E-state index is 13.4. The summed E-state index contributed by atoms with van der Waals surface area (Å²) < 4.78 is 39.8. The number of hydrogen-bond acceptors (Lipinski definition) is 2. The quantitative estimate of drug-likeness (QED) is 0.750. The topological polar surface area (TPSA) is 37.4 Å². The minimum atomic E-state index is -3.74. The highest BCUT2D eigenvalue weighted by atomic mass is 35.5. The van der Waals surface area contributed by atoms with Crippen molar-refractivity contribution >= 4 is 21.6 Å². The summed E-state index contributed by atoms with van der Waals surface area (Å²) in [5.74, 6) is -0.175.